The molecule has 1 aromatic carbocycles. The van der Waals surface area contributed by atoms with E-state index in [9.17, 15) is 4.79 Å². The molecule has 1 aromatic heterocycles. The fourth-order valence-electron chi connectivity index (χ4n) is 2.01. The van der Waals surface area contributed by atoms with E-state index in [1.165, 1.54) is 10.7 Å². The molecule has 1 unspecified atom stereocenters. The van der Waals surface area contributed by atoms with Gasteiger partial charge in [0.15, 0.2) is 0 Å². The van der Waals surface area contributed by atoms with Crippen LogP contribution in [0, 0.1) is 11.3 Å². The number of hydrogen-bond acceptors (Lipinski definition) is 3. The molecule has 1 heterocycles. The van der Waals surface area contributed by atoms with Gasteiger partial charge in [-0.1, -0.05) is 19.1 Å². The zero-order valence-electron chi connectivity index (χ0n) is 10.1. The molecule has 0 amide bonds. The molecular weight excluding hydrogens is 228 g/mol. The average Bonchev–Trinajstić information content (AvgIpc) is 2.70. The van der Waals surface area contributed by atoms with Crippen molar-refractivity contribution in [2.24, 2.45) is 0 Å². The Morgan fingerprint density at radius 2 is 2.11 bits per heavy atom. The molecular formula is C13H14N4O. The smallest absolute Gasteiger partial charge is 0.269 e. The van der Waals surface area contributed by atoms with E-state index < -0.39 is 0 Å². The lowest BCUT2D eigenvalue weighted by Gasteiger charge is -2.16. The van der Waals surface area contributed by atoms with Crippen molar-refractivity contribution in [3.05, 3.63) is 51.8 Å². The summed E-state index contributed by atoms with van der Waals surface area (Å²) in [5.74, 6) is 0.354. The van der Waals surface area contributed by atoms with Gasteiger partial charge < -0.3 is 5.73 Å². The maximum absolute atomic E-state index is 11.7. The van der Waals surface area contributed by atoms with Crippen molar-refractivity contribution in [2.45, 2.75) is 19.4 Å². The van der Waals surface area contributed by atoms with Crippen molar-refractivity contribution in [3.63, 3.8) is 0 Å². The van der Waals surface area contributed by atoms with Crippen LogP contribution in [0.3, 0.4) is 0 Å². The van der Waals surface area contributed by atoms with Gasteiger partial charge in [-0.25, -0.2) is 4.68 Å². The van der Waals surface area contributed by atoms with E-state index in [0.717, 1.165) is 12.0 Å². The van der Waals surface area contributed by atoms with E-state index in [1.54, 1.807) is 12.1 Å². The number of nitriles is 1. The van der Waals surface area contributed by atoms with E-state index in [4.69, 9.17) is 11.0 Å². The molecule has 2 rings (SSSR count). The van der Waals surface area contributed by atoms with Crippen molar-refractivity contribution in [1.29, 1.82) is 5.26 Å². The first-order valence-electron chi connectivity index (χ1n) is 5.72. The number of hydrogen-bond donors (Lipinski definition) is 2. The second-order valence-electron chi connectivity index (χ2n) is 4.08. The van der Waals surface area contributed by atoms with Crippen LogP contribution in [0.15, 0.2) is 35.1 Å². The van der Waals surface area contributed by atoms with Gasteiger partial charge in [0.05, 0.1) is 17.7 Å². The number of nitrogens with zero attached hydrogens (tertiary/aromatic N) is 2. The normalized spacial score (nSPS) is 12.0. The molecule has 0 radical (unpaired) electrons. The number of aromatic nitrogens is 2. The quantitative estimate of drug-likeness (QED) is 0.857. The summed E-state index contributed by atoms with van der Waals surface area (Å²) in [6.45, 7) is 1.99. The summed E-state index contributed by atoms with van der Waals surface area (Å²) in [6, 6.07) is 10.5. The second kappa shape index (κ2) is 4.80. The largest absolute Gasteiger partial charge is 0.384 e. The highest BCUT2D eigenvalue weighted by molar-refractivity contribution is 5.33. The number of anilines is 1. The lowest BCUT2D eigenvalue weighted by molar-refractivity contribution is 0.497. The van der Waals surface area contributed by atoms with Crippen molar-refractivity contribution < 1.29 is 0 Å². The molecule has 0 bridgehead atoms. The van der Waals surface area contributed by atoms with Crippen LogP contribution in [0.2, 0.25) is 0 Å². The van der Waals surface area contributed by atoms with Crippen LogP contribution in [-0.2, 0) is 0 Å². The van der Waals surface area contributed by atoms with E-state index in [0.29, 0.717) is 11.4 Å². The first-order valence-corrected chi connectivity index (χ1v) is 5.72. The Hall–Kier alpha value is -2.48. The molecule has 0 aliphatic rings. The predicted octanol–water partition coefficient (Wildman–Crippen LogP) is 1.63. The molecule has 0 aliphatic carbocycles. The maximum Gasteiger partial charge on any atom is 0.269 e. The van der Waals surface area contributed by atoms with Crippen molar-refractivity contribution in [3.8, 4) is 6.07 Å². The topological polar surface area (TPSA) is 87.6 Å². The van der Waals surface area contributed by atoms with E-state index in [2.05, 4.69) is 11.2 Å². The molecule has 3 N–H and O–H groups in total. The molecule has 0 spiro atoms. The molecule has 0 saturated carbocycles. The van der Waals surface area contributed by atoms with Gasteiger partial charge in [-0.3, -0.25) is 9.89 Å². The molecule has 2 aromatic rings. The number of nitrogens with two attached hydrogens (primary N) is 1. The Bertz CT molecular complexity index is 630. The number of nitrogen functional groups attached to an aromatic ring is 1. The number of aromatic amines is 1. The predicted molar refractivity (Wildman–Crippen MR) is 69.1 cm³/mol. The highest BCUT2D eigenvalue weighted by Crippen LogP contribution is 2.20. The van der Waals surface area contributed by atoms with Crippen LogP contribution < -0.4 is 11.3 Å². The van der Waals surface area contributed by atoms with Gasteiger partial charge >= 0.3 is 0 Å². The Morgan fingerprint density at radius 1 is 1.44 bits per heavy atom. The minimum atomic E-state index is -0.149. The SMILES string of the molecule is CCC(c1ccc(C#N)cc1)n1[nH]c(N)cc1=O. The zero-order valence-corrected chi connectivity index (χ0v) is 10.1. The third kappa shape index (κ3) is 2.13. The Balaban J connectivity index is 2.42. The molecule has 0 aliphatic heterocycles. The number of H-pyrrole nitrogens is 1. The van der Waals surface area contributed by atoms with Gasteiger partial charge in [-0.05, 0) is 24.1 Å². The lowest BCUT2D eigenvalue weighted by atomic mass is 10.0. The van der Waals surface area contributed by atoms with Crippen LogP contribution >= 0.6 is 0 Å². The van der Waals surface area contributed by atoms with Gasteiger partial charge in [-0.15, -0.1) is 0 Å². The van der Waals surface area contributed by atoms with Gasteiger partial charge in [0.25, 0.3) is 5.56 Å². The van der Waals surface area contributed by atoms with Crippen molar-refractivity contribution in [2.75, 3.05) is 5.73 Å². The first-order chi connectivity index (χ1) is 8.65. The van der Waals surface area contributed by atoms with Crippen LogP contribution in [0.5, 0.6) is 0 Å². The fourth-order valence-corrected chi connectivity index (χ4v) is 2.01. The van der Waals surface area contributed by atoms with Gasteiger partial charge in [0.1, 0.15) is 5.82 Å². The zero-order chi connectivity index (χ0) is 13.1. The van der Waals surface area contributed by atoms with Crippen LogP contribution in [0.4, 0.5) is 5.82 Å². The molecule has 5 nitrogen and oxygen atoms in total. The summed E-state index contributed by atoms with van der Waals surface area (Å²) in [4.78, 5) is 11.7. The standard InChI is InChI=1S/C13H14N4O/c1-2-11(17-13(18)7-12(15)16-17)10-5-3-9(8-14)4-6-10/h3-7,11,16H,2,15H2,1H3. The highest BCUT2D eigenvalue weighted by Gasteiger charge is 2.14. The Labute approximate surface area is 104 Å². The maximum atomic E-state index is 11.7. The Kier molecular flexibility index (Phi) is 3.20. The van der Waals surface area contributed by atoms with Crippen molar-refractivity contribution >= 4 is 5.82 Å². The summed E-state index contributed by atoms with van der Waals surface area (Å²) in [6.07, 6.45) is 0.756. The molecule has 18 heavy (non-hydrogen) atoms. The molecule has 92 valence electrons. The van der Waals surface area contributed by atoms with Gasteiger partial charge in [0.2, 0.25) is 0 Å². The molecule has 0 fully saturated rings. The summed E-state index contributed by atoms with van der Waals surface area (Å²) in [5.41, 5.74) is 7.00. The summed E-state index contributed by atoms with van der Waals surface area (Å²) in [5, 5.41) is 11.6. The Morgan fingerprint density at radius 3 is 2.56 bits per heavy atom. The van der Waals surface area contributed by atoms with Crippen molar-refractivity contribution in [1.82, 2.24) is 9.78 Å². The monoisotopic (exact) mass is 242 g/mol. The van der Waals surface area contributed by atoms with E-state index in [1.807, 2.05) is 19.1 Å². The fraction of sp³-hybridized carbons (Fsp3) is 0.231. The summed E-state index contributed by atoms with van der Waals surface area (Å²) < 4.78 is 1.51. The number of rotatable bonds is 3. The molecule has 0 saturated heterocycles. The minimum Gasteiger partial charge on any atom is -0.384 e. The minimum absolute atomic E-state index is 0.0949. The second-order valence-corrected chi connectivity index (χ2v) is 4.08. The molecule has 1 atom stereocenters. The summed E-state index contributed by atoms with van der Waals surface area (Å²) >= 11 is 0. The number of nitrogens with one attached hydrogen (secondary N) is 1. The van der Waals surface area contributed by atoms with E-state index in [-0.39, 0.29) is 11.6 Å². The van der Waals surface area contributed by atoms with Gasteiger partial charge in [-0.2, -0.15) is 5.26 Å². The van der Waals surface area contributed by atoms with Crippen LogP contribution in [0.1, 0.15) is 30.5 Å². The molecule has 5 heteroatoms. The van der Waals surface area contributed by atoms with Gasteiger partial charge in [0, 0.05) is 6.07 Å². The number of benzene rings is 1. The summed E-state index contributed by atoms with van der Waals surface area (Å²) in [7, 11) is 0. The van der Waals surface area contributed by atoms with Crippen LogP contribution in [-0.4, -0.2) is 9.78 Å². The van der Waals surface area contributed by atoms with Crippen LogP contribution in [0.25, 0.3) is 0 Å². The average molecular weight is 242 g/mol. The van der Waals surface area contributed by atoms with E-state index >= 15 is 0 Å². The third-order valence-corrected chi connectivity index (χ3v) is 2.89. The first kappa shape index (κ1) is 12.0. The third-order valence-electron chi connectivity index (χ3n) is 2.89. The highest BCUT2D eigenvalue weighted by atomic mass is 16.1. The lowest BCUT2D eigenvalue weighted by Crippen LogP contribution is -2.22.